The van der Waals surface area contributed by atoms with Crippen molar-refractivity contribution in [2.24, 2.45) is 0 Å². The Bertz CT molecular complexity index is 1070. The zero-order valence-corrected chi connectivity index (χ0v) is 13.9. The van der Waals surface area contributed by atoms with E-state index < -0.39 is 0 Å². The predicted octanol–water partition coefficient (Wildman–Crippen LogP) is 1.82. The molecule has 0 atom stereocenters. The molecule has 8 nitrogen and oxygen atoms in total. The maximum atomic E-state index is 12.7. The van der Waals surface area contributed by atoms with E-state index in [0.717, 1.165) is 22.7 Å². The van der Waals surface area contributed by atoms with Crippen molar-refractivity contribution < 1.29 is 4.52 Å². The Kier molecular flexibility index (Phi) is 3.64. The molecule has 3 heterocycles. The van der Waals surface area contributed by atoms with E-state index in [-0.39, 0.29) is 11.1 Å². The number of aryl methyl sites for hydroxylation is 3. The summed E-state index contributed by atoms with van der Waals surface area (Å²) in [6.07, 6.45) is 2.17. The Morgan fingerprint density at radius 1 is 1.16 bits per heavy atom. The van der Waals surface area contributed by atoms with Gasteiger partial charge in [-0.05, 0) is 32.4 Å². The van der Waals surface area contributed by atoms with Crippen molar-refractivity contribution in [2.75, 3.05) is 0 Å². The van der Waals surface area contributed by atoms with Crippen LogP contribution in [-0.4, -0.2) is 29.7 Å². The highest BCUT2D eigenvalue weighted by molar-refractivity contribution is 5.70. The number of hydrogen-bond acceptors (Lipinski definition) is 6. The van der Waals surface area contributed by atoms with Gasteiger partial charge >= 0.3 is 0 Å². The maximum absolute atomic E-state index is 12.7. The Hall–Kier alpha value is -3.29. The molecule has 0 aliphatic heterocycles. The van der Waals surface area contributed by atoms with Crippen LogP contribution in [0.15, 0.2) is 46.0 Å². The van der Waals surface area contributed by atoms with E-state index in [1.54, 1.807) is 4.68 Å². The maximum Gasteiger partial charge on any atom is 0.283 e. The first-order valence-corrected chi connectivity index (χ1v) is 7.93. The van der Waals surface area contributed by atoms with Gasteiger partial charge < -0.3 is 4.52 Å². The molecule has 0 amide bonds. The summed E-state index contributed by atoms with van der Waals surface area (Å²) < 4.78 is 8.26. The second-order valence-electron chi connectivity index (χ2n) is 5.80. The van der Waals surface area contributed by atoms with Crippen molar-refractivity contribution in [1.29, 1.82) is 0 Å². The molecule has 3 aromatic heterocycles. The van der Waals surface area contributed by atoms with Gasteiger partial charge in [-0.2, -0.15) is 4.68 Å². The van der Waals surface area contributed by atoms with Crippen LogP contribution in [0.3, 0.4) is 0 Å². The average Bonchev–Trinajstić information content (AvgIpc) is 3.20. The summed E-state index contributed by atoms with van der Waals surface area (Å²) in [5.41, 5.74) is 3.16. The van der Waals surface area contributed by atoms with Crippen LogP contribution < -0.4 is 5.56 Å². The summed E-state index contributed by atoms with van der Waals surface area (Å²) in [5, 5.41) is 12.0. The molecular formula is C17H16N6O2. The molecule has 25 heavy (non-hydrogen) atoms. The number of rotatable bonds is 4. The molecule has 0 N–H and O–H groups in total. The minimum atomic E-state index is -0.209. The lowest BCUT2D eigenvalue weighted by molar-refractivity contribution is 0.392. The van der Waals surface area contributed by atoms with Crippen molar-refractivity contribution in [1.82, 2.24) is 29.7 Å². The fraction of sp³-hybridized carbons (Fsp3) is 0.235. The van der Waals surface area contributed by atoms with Gasteiger partial charge in [0.05, 0.1) is 11.4 Å². The van der Waals surface area contributed by atoms with Crippen LogP contribution in [0.2, 0.25) is 0 Å². The lowest BCUT2D eigenvalue weighted by Crippen LogP contribution is -2.22. The molecule has 0 fully saturated rings. The van der Waals surface area contributed by atoms with Crippen LogP contribution in [0.4, 0.5) is 0 Å². The Morgan fingerprint density at radius 2 is 1.96 bits per heavy atom. The molecule has 0 unspecified atom stereocenters. The molecule has 0 aliphatic rings. The van der Waals surface area contributed by atoms with Gasteiger partial charge in [0, 0.05) is 12.1 Å². The summed E-state index contributed by atoms with van der Waals surface area (Å²) in [5.74, 6) is 0.773. The number of para-hydroxylation sites is 1. The zero-order valence-electron chi connectivity index (χ0n) is 13.9. The molecule has 0 saturated heterocycles. The lowest BCUT2D eigenvalue weighted by Gasteiger charge is -2.05. The molecule has 4 rings (SSSR count). The highest BCUT2D eigenvalue weighted by Crippen LogP contribution is 2.14. The van der Waals surface area contributed by atoms with Crippen LogP contribution in [0.5, 0.6) is 0 Å². The molecular weight excluding hydrogens is 320 g/mol. The molecule has 126 valence electrons. The number of benzene rings is 1. The fourth-order valence-corrected chi connectivity index (χ4v) is 2.84. The summed E-state index contributed by atoms with van der Waals surface area (Å²) in [4.78, 5) is 17.1. The Labute approximate surface area is 142 Å². The monoisotopic (exact) mass is 336 g/mol. The van der Waals surface area contributed by atoms with Crippen LogP contribution in [0, 0.1) is 13.8 Å². The molecule has 8 heteroatoms. The zero-order chi connectivity index (χ0) is 17.4. The standard InChI is InChI=1S/C17H16N6O2/c1-11-14(12(2)25-20-11)8-9-22-10-18-16-15(17(22)24)19-21-23(16)13-6-4-3-5-7-13/h3-7,10H,8-9H2,1-2H3. The quantitative estimate of drug-likeness (QED) is 0.564. The van der Waals surface area contributed by atoms with Crippen molar-refractivity contribution >= 4 is 11.2 Å². The van der Waals surface area contributed by atoms with Crippen LogP contribution in [0.1, 0.15) is 17.0 Å². The summed E-state index contributed by atoms with van der Waals surface area (Å²) in [7, 11) is 0. The summed E-state index contributed by atoms with van der Waals surface area (Å²) in [6, 6.07) is 9.48. The van der Waals surface area contributed by atoms with E-state index in [2.05, 4.69) is 20.5 Å². The second-order valence-corrected chi connectivity index (χ2v) is 5.80. The van der Waals surface area contributed by atoms with Gasteiger partial charge in [0.2, 0.25) is 0 Å². The van der Waals surface area contributed by atoms with Crippen LogP contribution >= 0.6 is 0 Å². The van der Waals surface area contributed by atoms with Gasteiger partial charge in [-0.15, -0.1) is 5.10 Å². The SMILES string of the molecule is Cc1noc(C)c1CCn1cnc2c(nnn2-c2ccccc2)c1=O. The summed E-state index contributed by atoms with van der Waals surface area (Å²) >= 11 is 0. The van der Waals surface area contributed by atoms with E-state index >= 15 is 0 Å². The van der Waals surface area contributed by atoms with E-state index in [1.165, 1.54) is 10.9 Å². The molecule has 0 aliphatic carbocycles. The highest BCUT2D eigenvalue weighted by Gasteiger charge is 2.14. The second kappa shape index (κ2) is 5.97. The molecule has 0 saturated carbocycles. The van der Waals surface area contributed by atoms with Gasteiger partial charge in [0.25, 0.3) is 5.56 Å². The van der Waals surface area contributed by atoms with E-state index in [1.807, 2.05) is 44.2 Å². The van der Waals surface area contributed by atoms with E-state index in [0.29, 0.717) is 18.6 Å². The van der Waals surface area contributed by atoms with Crippen LogP contribution in [0.25, 0.3) is 16.9 Å². The van der Waals surface area contributed by atoms with Crippen molar-refractivity contribution in [3.63, 3.8) is 0 Å². The number of nitrogens with zero attached hydrogens (tertiary/aromatic N) is 6. The van der Waals surface area contributed by atoms with Crippen molar-refractivity contribution in [3.05, 3.63) is 64.0 Å². The van der Waals surface area contributed by atoms with Crippen molar-refractivity contribution in [2.45, 2.75) is 26.8 Å². The third-order valence-electron chi connectivity index (χ3n) is 4.21. The fourth-order valence-electron chi connectivity index (χ4n) is 2.84. The number of hydrogen-bond donors (Lipinski definition) is 0. The lowest BCUT2D eigenvalue weighted by atomic mass is 10.1. The van der Waals surface area contributed by atoms with Gasteiger partial charge in [0.1, 0.15) is 12.1 Å². The van der Waals surface area contributed by atoms with Crippen LogP contribution in [-0.2, 0) is 13.0 Å². The van der Waals surface area contributed by atoms with E-state index in [9.17, 15) is 4.79 Å². The third-order valence-corrected chi connectivity index (χ3v) is 4.21. The highest BCUT2D eigenvalue weighted by atomic mass is 16.5. The first kappa shape index (κ1) is 15.3. The molecule has 1 aromatic carbocycles. The number of aromatic nitrogens is 6. The first-order valence-electron chi connectivity index (χ1n) is 7.93. The normalized spacial score (nSPS) is 11.3. The Morgan fingerprint density at radius 3 is 2.68 bits per heavy atom. The summed E-state index contributed by atoms with van der Waals surface area (Å²) in [6.45, 7) is 4.23. The topological polar surface area (TPSA) is 91.6 Å². The van der Waals surface area contributed by atoms with Gasteiger partial charge in [-0.25, -0.2) is 4.98 Å². The van der Waals surface area contributed by atoms with E-state index in [4.69, 9.17) is 4.52 Å². The van der Waals surface area contributed by atoms with Crippen molar-refractivity contribution in [3.8, 4) is 5.69 Å². The molecule has 0 spiro atoms. The smallest absolute Gasteiger partial charge is 0.283 e. The Balaban J connectivity index is 1.69. The molecule has 0 bridgehead atoms. The largest absolute Gasteiger partial charge is 0.361 e. The van der Waals surface area contributed by atoms with Gasteiger partial charge in [0.15, 0.2) is 11.2 Å². The predicted molar refractivity (Wildman–Crippen MR) is 90.6 cm³/mol. The minimum Gasteiger partial charge on any atom is -0.361 e. The minimum absolute atomic E-state index is 0.209. The van der Waals surface area contributed by atoms with Gasteiger partial charge in [-0.1, -0.05) is 28.6 Å². The first-order chi connectivity index (χ1) is 12.1. The number of fused-ring (bicyclic) bond motifs is 1. The third kappa shape index (κ3) is 2.61. The molecule has 4 aromatic rings. The van der Waals surface area contributed by atoms with Gasteiger partial charge in [-0.3, -0.25) is 9.36 Å². The average molecular weight is 336 g/mol. The molecule has 0 radical (unpaired) electrons.